The van der Waals surface area contributed by atoms with E-state index in [1.54, 1.807) is 35.3 Å². The summed E-state index contributed by atoms with van der Waals surface area (Å²) in [5.74, 6) is 0.886. The minimum absolute atomic E-state index is 0.232. The number of halogens is 1. The summed E-state index contributed by atoms with van der Waals surface area (Å²) in [5, 5.41) is 13.4. The summed E-state index contributed by atoms with van der Waals surface area (Å²) >= 11 is 0. The van der Waals surface area contributed by atoms with Gasteiger partial charge in [0.15, 0.2) is 11.3 Å². The smallest absolute Gasteiger partial charge is 0.208 e. The fourth-order valence-electron chi connectivity index (χ4n) is 3.63. The Hall–Kier alpha value is -3.77. The van der Waals surface area contributed by atoms with Gasteiger partial charge >= 0.3 is 0 Å². The van der Waals surface area contributed by atoms with Crippen LogP contribution in [-0.2, 0) is 13.0 Å². The first kappa shape index (κ1) is 18.3. The van der Waals surface area contributed by atoms with Gasteiger partial charge in [-0.3, -0.25) is 9.38 Å². The van der Waals surface area contributed by atoms with Gasteiger partial charge in [0, 0.05) is 53.8 Å². The summed E-state index contributed by atoms with van der Waals surface area (Å²) in [4.78, 5) is 13.1. The van der Waals surface area contributed by atoms with Crippen LogP contribution >= 0.6 is 0 Å². The molecule has 0 saturated heterocycles. The molecular weight excluding hydrogens is 399 g/mol. The van der Waals surface area contributed by atoms with E-state index in [0.717, 1.165) is 27.6 Å². The molecule has 0 unspecified atom stereocenters. The zero-order valence-electron chi connectivity index (χ0n) is 15.7. The molecule has 145 valence electrons. The molecule has 30 heavy (non-hydrogen) atoms. The Morgan fingerprint density at radius 2 is 2.17 bits per heavy atom. The number of pyridine rings is 1. The number of benzene rings is 1. The second kappa shape index (κ2) is 7.24. The van der Waals surface area contributed by atoms with Crippen LogP contribution in [0.1, 0.15) is 16.8 Å². The minimum Gasteiger partial charge on any atom is -0.493 e. The summed E-state index contributed by atoms with van der Waals surface area (Å²) < 4.78 is 21.7. The van der Waals surface area contributed by atoms with Crippen LogP contribution in [0.25, 0.3) is 16.8 Å². The third-order valence-corrected chi connectivity index (χ3v) is 5.52. The van der Waals surface area contributed by atoms with E-state index in [1.165, 1.54) is 6.07 Å². The molecule has 0 aliphatic carbocycles. The number of nitrogens with one attached hydrogen (secondary N) is 1. The molecule has 1 N–H and O–H groups in total. The summed E-state index contributed by atoms with van der Waals surface area (Å²) in [6.07, 6.45) is 7.32. The third-order valence-electron chi connectivity index (χ3n) is 5.08. The quantitative estimate of drug-likeness (QED) is 0.516. The Bertz CT molecular complexity index is 1330. The maximum atomic E-state index is 14.5. The zero-order chi connectivity index (χ0) is 20.7. The summed E-state index contributed by atoms with van der Waals surface area (Å²) in [6.45, 7) is 0.784. The Morgan fingerprint density at radius 1 is 1.27 bits per heavy atom. The maximum absolute atomic E-state index is 14.5. The van der Waals surface area contributed by atoms with Crippen molar-refractivity contribution in [1.29, 1.82) is 5.26 Å². The number of ether oxygens (including phenoxy) is 1. The first-order valence-electron chi connectivity index (χ1n) is 9.27. The number of nitriles is 1. The maximum Gasteiger partial charge on any atom is 0.208 e. The van der Waals surface area contributed by atoms with E-state index in [9.17, 15) is 9.65 Å². The van der Waals surface area contributed by atoms with Gasteiger partial charge < -0.3 is 10.1 Å². The highest BCUT2D eigenvalue weighted by atomic mass is 28.1. The second-order valence-corrected chi connectivity index (χ2v) is 7.34. The highest BCUT2D eigenvalue weighted by Crippen LogP contribution is 2.31. The predicted octanol–water partition coefficient (Wildman–Crippen LogP) is 2.14. The van der Waals surface area contributed by atoms with E-state index in [4.69, 9.17) is 4.74 Å². The third kappa shape index (κ3) is 2.98. The average Bonchev–Trinajstić information content (AvgIpc) is 3.40. The number of hydrogen-bond donors (Lipinski definition) is 1. The van der Waals surface area contributed by atoms with Crippen molar-refractivity contribution in [2.24, 2.45) is 0 Å². The van der Waals surface area contributed by atoms with Gasteiger partial charge in [0.1, 0.15) is 17.6 Å². The number of aromatic nitrogens is 4. The topological polar surface area (TPSA) is 88.1 Å². The molecule has 3 aromatic heterocycles. The van der Waals surface area contributed by atoms with E-state index >= 15 is 0 Å². The van der Waals surface area contributed by atoms with Crippen molar-refractivity contribution < 1.29 is 9.13 Å². The number of rotatable bonds is 4. The minimum atomic E-state index is -0.290. The second-order valence-electron chi connectivity index (χ2n) is 6.80. The van der Waals surface area contributed by atoms with Gasteiger partial charge in [0.05, 0.1) is 23.0 Å². The molecule has 1 aromatic carbocycles. The highest BCUT2D eigenvalue weighted by Gasteiger charge is 2.20. The molecule has 0 spiro atoms. The van der Waals surface area contributed by atoms with Gasteiger partial charge in [-0.25, -0.2) is 14.4 Å². The Morgan fingerprint density at radius 3 is 3.00 bits per heavy atom. The molecule has 9 heteroatoms. The largest absolute Gasteiger partial charge is 0.493 e. The molecule has 5 rings (SSSR count). The molecule has 0 amide bonds. The number of fused-ring (bicyclic) bond motifs is 2. The normalized spacial score (nSPS) is 12.4. The Kier molecular flexibility index (Phi) is 4.41. The van der Waals surface area contributed by atoms with Crippen LogP contribution in [0.4, 0.5) is 10.3 Å². The number of nitrogens with zero attached hydrogens (tertiary/aromatic N) is 5. The Labute approximate surface area is 174 Å². The van der Waals surface area contributed by atoms with Gasteiger partial charge in [0.2, 0.25) is 5.95 Å². The van der Waals surface area contributed by atoms with Crippen molar-refractivity contribution in [3.8, 4) is 22.9 Å². The van der Waals surface area contributed by atoms with Crippen LogP contribution in [0, 0.1) is 17.1 Å². The molecule has 0 saturated carbocycles. The van der Waals surface area contributed by atoms with Crippen LogP contribution in [0.3, 0.4) is 0 Å². The molecule has 1 aliphatic rings. The van der Waals surface area contributed by atoms with Crippen molar-refractivity contribution in [3.63, 3.8) is 0 Å². The molecule has 7 nitrogen and oxygen atoms in total. The van der Waals surface area contributed by atoms with Gasteiger partial charge in [-0.15, -0.1) is 0 Å². The summed E-state index contributed by atoms with van der Waals surface area (Å²) in [7, 11) is 3.58. The molecule has 3 radical (unpaired) electrons. The van der Waals surface area contributed by atoms with Crippen LogP contribution in [0.2, 0.25) is 0 Å². The summed E-state index contributed by atoms with van der Waals surface area (Å²) in [5.41, 5.74) is 3.76. The molecule has 0 fully saturated rings. The van der Waals surface area contributed by atoms with Gasteiger partial charge in [-0.2, -0.15) is 5.26 Å². The fourth-order valence-corrected chi connectivity index (χ4v) is 3.91. The average molecular weight is 413 g/mol. The van der Waals surface area contributed by atoms with Crippen molar-refractivity contribution in [2.45, 2.75) is 13.0 Å². The van der Waals surface area contributed by atoms with E-state index in [-0.39, 0.29) is 18.1 Å². The first-order valence-corrected chi connectivity index (χ1v) is 9.77. The lowest BCUT2D eigenvalue weighted by Crippen LogP contribution is -2.11. The lowest BCUT2D eigenvalue weighted by Gasteiger charge is -2.13. The number of imidazole rings is 1. The molecule has 4 heterocycles. The van der Waals surface area contributed by atoms with E-state index in [2.05, 4.69) is 36.6 Å². The van der Waals surface area contributed by atoms with Crippen molar-refractivity contribution >= 4 is 27.0 Å². The fraction of sp³-hybridized carbons (Fsp3) is 0.143. The van der Waals surface area contributed by atoms with Gasteiger partial charge in [0.25, 0.3) is 0 Å². The van der Waals surface area contributed by atoms with Crippen molar-refractivity contribution in [2.75, 3.05) is 11.9 Å². The van der Waals surface area contributed by atoms with Crippen LogP contribution in [-0.4, -0.2) is 36.2 Å². The standard InChI is InChI=1S/C21H14FN6OSi/c22-17-1-2-18-13(4-6-29-18)14(17)9-25-21-26-10-16(15-8-24-5-3-19(15)30)20-27-12(7-23)11-28(20)21/h1-3,5,8,10-11H,4,6,9H2,(H,25,26). The molecule has 4 aromatic rings. The lowest BCUT2D eigenvalue weighted by atomic mass is 10.0. The summed E-state index contributed by atoms with van der Waals surface area (Å²) in [6, 6.07) is 6.96. The van der Waals surface area contributed by atoms with Crippen molar-refractivity contribution in [1.82, 2.24) is 19.4 Å². The number of anilines is 1. The monoisotopic (exact) mass is 413 g/mol. The SMILES string of the molecule is N#Cc1cn2c(NCc3c(F)ccc4c3CCO4)ncc(-c3cnccc3[Si])c2n1. The Balaban J connectivity index is 1.56. The highest BCUT2D eigenvalue weighted by molar-refractivity contribution is 6.36. The van der Waals surface area contributed by atoms with Crippen molar-refractivity contribution in [3.05, 3.63) is 65.6 Å². The van der Waals surface area contributed by atoms with E-state index in [1.807, 2.05) is 6.07 Å². The van der Waals surface area contributed by atoms with Crippen LogP contribution < -0.4 is 15.2 Å². The molecule has 0 atom stereocenters. The zero-order valence-corrected chi connectivity index (χ0v) is 16.7. The van der Waals surface area contributed by atoms with Crippen LogP contribution in [0.15, 0.2) is 43.0 Å². The van der Waals surface area contributed by atoms with Gasteiger partial charge in [-0.05, 0) is 18.2 Å². The van der Waals surface area contributed by atoms with E-state index < -0.39 is 0 Å². The first-order chi connectivity index (χ1) is 14.7. The molecule has 1 aliphatic heterocycles. The predicted molar refractivity (Wildman–Crippen MR) is 109 cm³/mol. The molecular formula is C21H14FN6OSi. The lowest BCUT2D eigenvalue weighted by molar-refractivity contribution is 0.356. The molecule has 0 bridgehead atoms. The van der Waals surface area contributed by atoms with Gasteiger partial charge in [-0.1, -0.05) is 5.19 Å². The van der Waals surface area contributed by atoms with E-state index in [0.29, 0.717) is 30.2 Å². The number of hydrogen-bond acceptors (Lipinski definition) is 6. The van der Waals surface area contributed by atoms with Crippen LogP contribution in [0.5, 0.6) is 5.75 Å².